The molecule has 2 atom stereocenters. The van der Waals surface area contributed by atoms with Crippen LogP contribution in [0.2, 0.25) is 0 Å². The highest BCUT2D eigenvalue weighted by Crippen LogP contribution is 2.18. The summed E-state index contributed by atoms with van der Waals surface area (Å²) in [6.07, 6.45) is -3.53. The zero-order chi connectivity index (χ0) is 9.84. The van der Waals surface area contributed by atoms with Crippen LogP contribution in [0, 0.1) is 0 Å². The molecule has 0 radical (unpaired) electrons. The summed E-state index contributed by atoms with van der Waals surface area (Å²) in [5, 5.41) is 9.28. The summed E-state index contributed by atoms with van der Waals surface area (Å²) in [5.74, 6) is -1.16. The molecule has 4 heteroatoms. The number of carbonyl (C=O) groups excluding carboxylic acids is 1. The Morgan fingerprint density at radius 1 is 1.38 bits per heavy atom. The zero-order valence-corrected chi connectivity index (χ0v) is 6.85. The van der Waals surface area contributed by atoms with E-state index in [0.29, 0.717) is 5.56 Å². The Kier molecular flexibility index (Phi) is 2.97. The van der Waals surface area contributed by atoms with Crippen LogP contribution in [0.5, 0.6) is 0 Å². The molecule has 70 valence electrons. The van der Waals surface area contributed by atoms with Crippen LogP contribution >= 0.6 is 0 Å². The Morgan fingerprint density at radius 3 is 2.38 bits per heavy atom. The van der Waals surface area contributed by atoms with E-state index < -0.39 is 18.2 Å². The number of rotatable bonds is 3. The number of hydrogen-bond donors (Lipinski definition) is 2. The molecule has 1 aromatic rings. The molecule has 0 heterocycles. The predicted molar refractivity (Wildman–Crippen MR) is 45.5 cm³/mol. The summed E-state index contributed by atoms with van der Waals surface area (Å²) in [7, 11) is 0. The molecule has 0 bridgehead atoms. The average Bonchev–Trinajstić information content (AvgIpc) is 2.17. The highest BCUT2D eigenvalue weighted by Gasteiger charge is 2.24. The van der Waals surface area contributed by atoms with Gasteiger partial charge < -0.3 is 10.8 Å². The Hall–Kier alpha value is -1.42. The van der Waals surface area contributed by atoms with E-state index in [1.54, 1.807) is 18.2 Å². The lowest BCUT2D eigenvalue weighted by Gasteiger charge is -2.12. The van der Waals surface area contributed by atoms with Gasteiger partial charge >= 0.3 is 0 Å². The summed E-state index contributed by atoms with van der Waals surface area (Å²) < 4.78 is 12.9. The quantitative estimate of drug-likeness (QED) is 0.718. The zero-order valence-electron chi connectivity index (χ0n) is 6.85. The third-order valence-electron chi connectivity index (χ3n) is 1.69. The van der Waals surface area contributed by atoms with Gasteiger partial charge in [-0.2, -0.15) is 0 Å². The van der Waals surface area contributed by atoms with E-state index in [9.17, 15) is 14.3 Å². The maximum Gasteiger partial charge on any atom is 0.255 e. The summed E-state index contributed by atoms with van der Waals surface area (Å²) in [6.45, 7) is 0. The third kappa shape index (κ3) is 2.26. The number of aliphatic hydroxyl groups is 1. The Balaban J connectivity index is 2.79. The van der Waals surface area contributed by atoms with Gasteiger partial charge in [0.05, 0.1) is 0 Å². The summed E-state index contributed by atoms with van der Waals surface area (Å²) >= 11 is 0. The van der Waals surface area contributed by atoms with Crippen molar-refractivity contribution in [3.05, 3.63) is 35.9 Å². The molecule has 3 nitrogen and oxygen atoms in total. The van der Waals surface area contributed by atoms with E-state index in [1.165, 1.54) is 12.1 Å². The second-order valence-corrected chi connectivity index (χ2v) is 2.66. The van der Waals surface area contributed by atoms with E-state index in [0.717, 1.165) is 0 Å². The second-order valence-electron chi connectivity index (χ2n) is 2.66. The van der Waals surface area contributed by atoms with Crippen LogP contribution in [0.3, 0.4) is 0 Å². The molecule has 0 spiro atoms. The minimum absolute atomic E-state index is 0.341. The number of primary amides is 1. The number of aliphatic hydroxyl groups excluding tert-OH is 1. The van der Waals surface area contributed by atoms with E-state index in [2.05, 4.69) is 0 Å². The van der Waals surface area contributed by atoms with Gasteiger partial charge in [0, 0.05) is 0 Å². The highest BCUT2D eigenvalue weighted by molar-refractivity contribution is 5.79. The number of carbonyl (C=O) groups is 1. The fourth-order valence-electron chi connectivity index (χ4n) is 0.975. The van der Waals surface area contributed by atoms with Crippen LogP contribution in [-0.4, -0.2) is 17.2 Å². The van der Waals surface area contributed by atoms with Gasteiger partial charge in [-0.15, -0.1) is 0 Å². The predicted octanol–water partition coefficient (Wildman–Crippen LogP) is 0.543. The largest absolute Gasteiger partial charge is 0.385 e. The monoisotopic (exact) mass is 183 g/mol. The lowest BCUT2D eigenvalue weighted by atomic mass is 10.1. The molecule has 0 aliphatic carbocycles. The molecule has 0 unspecified atom stereocenters. The summed E-state index contributed by atoms with van der Waals surface area (Å²) in [4.78, 5) is 10.4. The maximum atomic E-state index is 12.9. The Labute approximate surface area is 75.0 Å². The van der Waals surface area contributed by atoms with Crippen molar-refractivity contribution in [1.29, 1.82) is 0 Å². The second kappa shape index (κ2) is 4.00. The molecule has 13 heavy (non-hydrogen) atoms. The number of halogens is 1. The first-order valence-corrected chi connectivity index (χ1v) is 3.79. The van der Waals surface area contributed by atoms with Gasteiger partial charge in [0.25, 0.3) is 5.91 Å². The molecule has 1 amide bonds. The van der Waals surface area contributed by atoms with Gasteiger partial charge in [-0.3, -0.25) is 4.79 Å². The third-order valence-corrected chi connectivity index (χ3v) is 1.69. The van der Waals surface area contributed by atoms with Crippen molar-refractivity contribution >= 4 is 5.91 Å². The highest BCUT2D eigenvalue weighted by atomic mass is 19.1. The standard InChI is InChI=1S/C9H10FNO2/c10-7(9(11)13)8(12)6-4-2-1-3-5-6/h1-5,7-8,12H,(H2,11,13)/t7-,8+/m0/s1. The molecular formula is C9H10FNO2. The van der Waals surface area contributed by atoms with Gasteiger partial charge in [-0.25, -0.2) is 4.39 Å². The van der Waals surface area contributed by atoms with Crippen molar-refractivity contribution in [2.45, 2.75) is 12.3 Å². The Morgan fingerprint density at radius 2 is 1.92 bits per heavy atom. The normalized spacial score (nSPS) is 14.9. The molecule has 0 fully saturated rings. The topological polar surface area (TPSA) is 63.3 Å². The van der Waals surface area contributed by atoms with Gasteiger partial charge in [-0.1, -0.05) is 30.3 Å². The van der Waals surface area contributed by atoms with Gasteiger partial charge in [0.2, 0.25) is 6.17 Å². The van der Waals surface area contributed by atoms with Gasteiger partial charge in [0.15, 0.2) is 0 Å². The van der Waals surface area contributed by atoms with Crippen LogP contribution in [0.15, 0.2) is 30.3 Å². The molecular weight excluding hydrogens is 173 g/mol. The molecule has 0 aromatic heterocycles. The smallest absolute Gasteiger partial charge is 0.255 e. The Bertz CT molecular complexity index is 289. The number of amides is 1. The summed E-state index contributed by atoms with van der Waals surface area (Å²) in [6, 6.07) is 8.08. The van der Waals surface area contributed by atoms with Crippen LogP contribution in [0.1, 0.15) is 11.7 Å². The SMILES string of the molecule is NC(=O)[C@@H](F)[C@H](O)c1ccccc1. The van der Waals surface area contributed by atoms with Crippen LogP contribution in [0.4, 0.5) is 4.39 Å². The van der Waals surface area contributed by atoms with Gasteiger partial charge in [-0.05, 0) is 5.56 Å². The van der Waals surface area contributed by atoms with Crippen LogP contribution < -0.4 is 5.73 Å². The maximum absolute atomic E-state index is 12.9. The first kappa shape index (κ1) is 9.67. The molecule has 0 saturated heterocycles. The van der Waals surface area contributed by atoms with Crippen molar-refractivity contribution < 1.29 is 14.3 Å². The molecule has 0 aliphatic heterocycles. The van der Waals surface area contributed by atoms with Crippen molar-refractivity contribution in [3.63, 3.8) is 0 Å². The van der Waals surface area contributed by atoms with E-state index in [-0.39, 0.29) is 0 Å². The van der Waals surface area contributed by atoms with Crippen molar-refractivity contribution in [3.8, 4) is 0 Å². The average molecular weight is 183 g/mol. The van der Waals surface area contributed by atoms with Crippen LogP contribution in [0.25, 0.3) is 0 Å². The number of benzene rings is 1. The molecule has 1 aromatic carbocycles. The number of alkyl halides is 1. The molecule has 3 N–H and O–H groups in total. The van der Waals surface area contributed by atoms with Crippen molar-refractivity contribution in [1.82, 2.24) is 0 Å². The van der Waals surface area contributed by atoms with Crippen molar-refractivity contribution in [2.24, 2.45) is 5.73 Å². The first-order chi connectivity index (χ1) is 6.13. The fraction of sp³-hybridized carbons (Fsp3) is 0.222. The van der Waals surface area contributed by atoms with Gasteiger partial charge in [0.1, 0.15) is 6.10 Å². The molecule has 1 rings (SSSR count). The number of hydrogen-bond acceptors (Lipinski definition) is 2. The lowest BCUT2D eigenvalue weighted by molar-refractivity contribution is -0.126. The van der Waals surface area contributed by atoms with E-state index in [1.807, 2.05) is 0 Å². The molecule has 0 aliphatic rings. The van der Waals surface area contributed by atoms with Crippen LogP contribution in [-0.2, 0) is 4.79 Å². The fourth-order valence-corrected chi connectivity index (χ4v) is 0.975. The first-order valence-electron chi connectivity index (χ1n) is 3.79. The minimum Gasteiger partial charge on any atom is -0.385 e. The minimum atomic E-state index is -2.05. The van der Waals surface area contributed by atoms with Crippen molar-refractivity contribution in [2.75, 3.05) is 0 Å². The summed E-state index contributed by atoms with van der Waals surface area (Å²) in [5.41, 5.74) is 5.04. The van der Waals surface area contributed by atoms with E-state index in [4.69, 9.17) is 5.73 Å². The van der Waals surface area contributed by atoms with E-state index >= 15 is 0 Å². The number of nitrogens with two attached hydrogens (primary N) is 1. The lowest BCUT2D eigenvalue weighted by Crippen LogP contribution is -2.30. The molecule has 0 saturated carbocycles.